The Kier molecular flexibility index (Phi) is 4.75. The Bertz CT molecular complexity index is 369. The Morgan fingerprint density at radius 1 is 1.53 bits per heavy atom. The molecule has 2 N–H and O–H groups in total. The molecular formula is C13H22N2O2. The molecule has 1 heterocycles. The van der Waals surface area contributed by atoms with Gasteiger partial charge in [-0.05, 0) is 18.6 Å². The minimum atomic E-state index is -0.280. The van der Waals surface area contributed by atoms with Crippen LogP contribution in [0.15, 0.2) is 18.3 Å². The first-order valence-electron chi connectivity index (χ1n) is 6.04. The highest BCUT2D eigenvalue weighted by Gasteiger charge is 2.18. The molecule has 4 heteroatoms. The van der Waals surface area contributed by atoms with E-state index in [0.29, 0.717) is 12.2 Å². The second-order valence-corrected chi connectivity index (χ2v) is 5.09. The summed E-state index contributed by atoms with van der Waals surface area (Å²) in [6, 6.07) is 3.69. The minimum absolute atomic E-state index is 0.0588. The van der Waals surface area contributed by atoms with Crippen LogP contribution in [0.25, 0.3) is 0 Å². The van der Waals surface area contributed by atoms with Crippen molar-refractivity contribution < 1.29 is 9.90 Å². The largest absolute Gasteiger partial charge is 0.396 e. The molecule has 1 aromatic rings. The quantitative estimate of drug-likeness (QED) is 0.791. The van der Waals surface area contributed by atoms with Gasteiger partial charge in [0, 0.05) is 31.3 Å². The average Bonchev–Trinajstić information content (AvgIpc) is 2.75. The Morgan fingerprint density at radius 2 is 2.24 bits per heavy atom. The number of carbonyl (C=O) groups excluding carboxylic acids is 1. The number of aryl methyl sites for hydroxylation is 1. The van der Waals surface area contributed by atoms with Crippen molar-refractivity contribution in [2.24, 2.45) is 5.41 Å². The Hall–Kier alpha value is -1.29. The van der Waals surface area contributed by atoms with Gasteiger partial charge in [0.15, 0.2) is 0 Å². The fraction of sp³-hybridized carbons (Fsp3) is 0.615. The molecule has 0 aliphatic heterocycles. The van der Waals surface area contributed by atoms with Crippen molar-refractivity contribution in [2.45, 2.75) is 33.7 Å². The highest BCUT2D eigenvalue weighted by atomic mass is 16.3. The average molecular weight is 238 g/mol. The molecule has 96 valence electrons. The molecule has 0 saturated carbocycles. The van der Waals surface area contributed by atoms with Crippen LogP contribution in [0.4, 0.5) is 0 Å². The predicted octanol–water partition coefficient (Wildman–Crippen LogP) is 1.65. The van der Waals surface area contributed by atoms with Gasteiger partial charge in [-0.1, -0.05) is 20.8 Å². The maximum absolute atomic E-state index is 12.0. The van der Waals surface area contributed by atoms with Gasteiger partial charge < -0.3 is 15.0 Å². The van der Waals surface area contributed by atoms with E-state index in [1.165, 1.54) is 0 Å². The lowest BCUT2D eigenvalue weighted by molar-refractivity contribution is 0.0902. The lowest BCUT2D eigenvalue weighted by Crippen LogP contribution is -2.36. The number of nitrogens with zero attached hydrogens (tertiary/aromatic N) is 1. The van der Waals surface area contributed by atoms with Gasteiger partial charge in [-0.3, -0.25) is 4.79 Å². The number of amides is 1. The summed E-state index contributed by atoms with van der Waals surface area (Å²) in [6.07, 6.45) is 2.91. The van der Waals surface area contributed by atoms with Crippen LogP contribution in [-0.2, 0) is 6.54 Å². The van der Waals surface area contributed by atoms with Crippen molar-refractivity contribution in [2.75, 3.05) is 13.2 Å². The van der Waals surface area contributed by atoms with Gasteiger partial charge in [0.1, 0.15) is 5.69 Å². The van der Waals surface area contributed by atoms with Crippen molar-refractivity contribution in [1.82, 2.24) is 9.88 Å². The second-order valence-electron chi connectivity index (χ2n) is 5.09. The standard InChI is InChI=1S/C13H22N2O2/c1-4-7-15-8-5-6-11(15)12(17)14-9-13(2,3)10-16/h5-6,8,16H,4,7,9-10H2,1-3H3,(H,14,17). The smallest absolute Gasteiger partial charge is 0.267 e. The summed E-state index contributed by atoms with van der Waals surface area (Å²) in [5.41, 5.74) is 0.401. The molecule has 0 saturated heterocycles. The Morgan fingerprint density at radius 3 is 2.82 bits per heavy atom. The van der Waals surface area contributed by atoms with Crippen molar-refractivity contribution in [1.29, 1.82) is 0 Å². The predicted molar refractivity (Wildman–Crippen MR) is 67.9 cm³/mol. The number of hydrogen-bond donors (Lipinski definition) is 2. The second kappa shape index (κ2) is 5.87. The zero-order valence-corrected chi connectivity index (χ0v) is 10.9. The zero-order valence-electron chi connectivity index (χ0n) is 10.9. The van der Waals surface area contributed by atoms with E-state index < -0.39 is 0 Å². The van der Waals surface area contributed by atoms with Crippen molar-refractivity contribution in [3.63, 3.8) is 0 Å². The molecule has 1 aromatic heterocycles. The third-order valence-corrected chi connectivity index (χ3v) is 2.68. The first kappa shape index (κ1) is 13.8. The normalized spacial score (nSPS) is 11.5. The van der Waals surface area contributed by atoms with Gasteiger partial charge in [-0.2, -0.15) is 0 Å². The number of aliphatic hydroxyl groups is 1. The number of hydrogen-bond acceptors (Lipinski definition) is 2. The molecule has 17 heavy (non-hydrogen) atoms. The summed E-state index contributed by atoms with van der Waals surface area (Å²) in [6.45, 7) is 7.29. The fourth-order valence-corrected chi connectivity index (χ4v) is 1.52. The Labute approximate surface area is 103 Å². The maximum Gasteiger partial charge on any atom is 0.267 e. The van der Waals surface area contributed by atoms with E-state index in [0.717, 1.165) is 13.0 Å². The molecule has 0 aliphatic rings. The van der Waals surface area contributed by atoms with E-state index in [1.807, 2.05) is 36.7 Å². The maximum atomic E-state index is 12.0. The van der Waals surface area contributed by atoms with Crippen molar-refractivity contribution in [3.05, 3.63) is 24.0 Å². The summed E-state index contributed by atoms with van der Waals surface area (Å²) in [7, 11) is 0. The summed E-state index contributed by atoms with van der Waals surface area (Å²) in [4.78, 5) is 12.0. The minimum Gasteiger partial charge on any atom is -0.396 e. The molecule has 0 atom stereocenters. The van der Waals surface area contributed by atoms with Gasteiger partial charge in [0.2, 0.25) is 0 Å². The van der Waals surface area contributed by atoms with E-state index in [1.54, 1.807) is 0 Å². The van der Waals surface area contributed by atoms with E-state index in [9.17, 15) is 4.79 Å². The van der Waals surface area contributed by atoms with Crippen LogP contribution in [0.2, 0.25) is 0 Å². The third-order valence-electron chi connectivity index (χ3n) is 2.68. The van der Waals surface area contributed by atoms with E-state index in [-0.39, 0.29) is 17.9 Å². The topological polar surface area (TPSA) is 54.3 Å². The molecule has 0 unspecified atom stereocenters. The highest BCUT2D eigenvalue weighted by molar-refractivity contribution is 5.92. The first-order chi connectivity index (χ1) is 8.00. The summed E-state index contributed by atoms with van der Waals surface area (Å²) < 4.78 is 1.95. The molecule has 0 fully saturated rings. The van der Waals surface area contributed by atoms with Crippen LogP contribution < -0.4 is 5.32 Å². The van der Waals surface area contributed by atoms with Gasteiger partial charge in [-0.15, -0.1) is 0 Å². The molecule has 4 nitrogen and oxygen atoms in total. The summed E-state index contributed by atoms with van der Waals surface area (Å²) in [5.74, 6) is -0.0787. The zero-order chi connectivity index (χ0) is 12.9. The van der Waals surface area contributed by atoms with Gasteiger partial charge >= 0.3 is 0 Å². The monoisotopic (exact) mass is 238 g/mol. The van der Waals surface area contributed by atoms with Crippen LogP contribution in [0.3, 0.4) is 0 Å². The van der Waals surface area contributed by atoms with Crippen LogP contribution in [0.5, 0.6) is 0 Å². The number of carbonyl (C=O) groups is 1. The van der Waals surface area contributed by atoms with Crippen LogP contribution in [0, 0.1) is 5.41 Å². The van der Waals surface area contributed by atoms with Gasteiger partial charge in [0.25, 0.3) is 5.91 Å². The molecule has 0 aliphatic carbocycles. The number of rotatable bonds is 6. The third kappa shape index (κ3) is 3.89. The molecular weight excluding hydrogens is 216 g/mol. The van der Waals surface area contributed by atoms with Crippen LogP contribution in [0.1, 0.15) is 37.7 Å². The lowest BCUT2D eigenvalue weighted by Gasteiger charge is -2.22. The van der Waals surface area contributed by atoms with E-state index in [4.69, 9.17) is 5.11 Å². The lowest BCUT2D eigenvalue weighted by atomic mass is 9.95. The highest BCUT2D eigenvalue weighted by Crippen LogP contribution is 2.12. The summed E-state index contributed by atoms with van der Waals surface area (Å²) in [5, 5.41) is 12.0. The summed E-state index contributed by atoms with van der Waals surface area (Å²) >= 11 is 0. The Balaban J connectivity index is 2.61. The SMILES string of the molecule is CCCn1cccc1C(=O)NCC(C)(C)CO. The molecule has 1 rings (SSSR count). The number of aromatic nitrogens is 1. The molecule has 0 aromatic carbocycles. The first-order valence-corrected chi connectivity index (χ1v) is 6.04. The van der Waals surface area contributed by atoms with Crippen LogP contribution in [-0.4, -0.2) is 28.7 Å². The molecule has 1 amide bonds. The van der Waals surface area contributed by atoms with E-state index in [2.05, 4.69) is 12.2 Å². The van der Waals surface area contributed by atoms with E-state index >= 15 is 0 Å². The molecule has 0 spiro atoms. The fourth-order valence-electron chi connectivity index (χ4n) is 1.52. The van der Waals surface area contributed by atoms with Gasteiger partial charge in [-0.25, -0.2) is 0 Å². The van der Waals surface area contributed by atoms with Crippen LogP contribution >= 0.6 is 0 Å². The van der Waals surface area contributed by atoms with Crippen molar-refractivity contribution >= 4 is 5.91 Å². The molecule has 0 bridgehead atoms. The van der Waals surface area contributed by atoms with Crippen molar-refractivity contribution in [3.8, 4) is 0 Å². The number of nitrogens with one attached hydrogen (secondary N) is 1. The van der Waals surface area contributed by atoms with Gasteiger partial charge in [0.05, 0.1) is 0 Å². The number of aliphatic hydroxyl groups excluding tert-OH is 1. The molecule has 0 radical (unpaired) electrons.